The summed E-state index contributed by atoms with van der Waals surface area (Å²) < 4.78 is 49.3. The van der Waals surface area contributed by atoms with E-state index in [4.69, 9.17) is 4.74 Å². The van der Waals surface area contributed by atoms with Crippen molar-refractivity contribution in [2.45, 2.75) is 63.5 Å². The van der Waals surface area contributed by atoms with Gasteiger partial charge in [0.25, 0.3) is 5.91 Å². The van der Waals surface area contributed by atoms with Crippen LogP contribution < -0.4 is 25.6 Å². The molecule has 3 N–H and O–H groups in total. The number of benzene rings is 2. The molecule has 242 valence electrons. The summed E-state index contributed by atoms with van der Waals surface area (Å²) in [6.07, 6.45) is 6.08. The van der Waals surface area contributed by atoms with E-state index in [9.17, 15) is 23.2 Å². The number of carbonyl (C=O) groups excluding carboxylic acids is 3. The number of nitrogens with one attached hydrogen (secondary N) is 3. The highest BCUT2D eigenvalue weighted by molar-refractivity contribution is 6.01. The Balaban J connectivity index is 0.932. The van der Waals surface area contributed by atoms with Crippen molar-refractivity contribution in [3.05, 3.63) is 53.3 Å². The SMILES string of the molecule is COc1ccc(F)c(C(=O)NC2CC3(CCN(CC4CCN(c5cc(F)c(NC6CCC(=O)NC6=O)cc5F)CC4)CC3)C2)c1. The maximum Gasteiger partial charge on any atom is 0.254 e. The van der Waals surface area contributed by atoms with Gasteiger partial charge in [-0.25, -0.2) is 13.2 Å². The first-order chi connectivity index (χ1) is 21.6. The number of anilines is 2. The zero-order valence-electron chi connectivity index (χ0n) is 25.5. The van der Waals surface area contributed by atoms with Gasteiger partial charge in [0.1, 0.15) is 29.2 Å². The van der Waals surface area contributed by atoms with Crippen LogP contribution in [-0.2, 0) is 9.59 Å². The summed E-state index contributed by atoms with van der Waals surface area (Å²) in [4.78, 5) is 40.4. The third-order valence-corrected chi connectivity index (χ3v) is 10.1. The number of piperidine rings is 3. The molecule has 3 heterocycles. The second-order valence-electron chi connectivity index (χ2n) is 13.1. The van der Waals surface area contributed by atoms with Crippen molar-refractivity contribution in [1.82, 2.24) is 15.5 Å². The molecule has 4 aliphatic rings. The molecule has 0 aromatic heterocycles. The van der Waals surface area contributed by atoms with E-state index in [-0.39, 0.29) is 47.1 Å². The van der Waals surface area contributed by atoms with E-state index in [0.29, 0.717) is 24.8 Å². The largest absolute Gasteiger partial charge is 0.497 e. The van der Waals surface area contributed by atoms with Crippen LogP contribution in [0.1, 0.15) is 61.7 Å². The number of methoxy groups -OCH3 is 1. The monoisotopic (exact) mass is 627 g/mol. The standard InChI is InChI=1S/C33H40F3N5O4/c1-45-22-2-3-24(34)23(14-22)31(43)37-21-17-33(18-21)8-12-40(13-9-33)19-20-6-10-41(11-7-20)29-16-25(35)28(15-26(29)36)38-27-4-5-30(42)39-32(27)44/h2-3,14-16,20-21,27,38H,4-13,17-19H2,1H3,(H,37,43)(H,39,42,44). The maximum atomic E-state index is 15.1. The van der Waals surface area contributed by atoms with Crippen LogP contribution in [0.2, 0.25) is 0 Å². The molecule has 1 spiro atoms. The Morgan fingerprint density at radius 2 is 1.71 bits per heavy atom. The Kier molecular flexibility index (Phi) is 8.94. The van der Waals surface area contributed by atoms with Crippen LogP contribution >= 0.6 is 0 Å². The van der Waals surface area contributed by atoms with Crippen molar-refractivity contribution in [2.75, 3.05) is 50.1 Å². The first-order valence-electron chi connectivity index (χ1n) is 15.8. The second kappa shape index (κ2) is 12.9. The number of amides is 3. The van der Waals surface area contributed by atoms with Gasteiger partial charge < -0.3 is 25.2 Å². The lowest BCUT2D eigenvalue weighted by atomic mass is 9.60. The fourth-order valence-corrected chi connectivity index (χ4v) is 7.40. The number of hydrogen-bond acceptors (Lipinski definition) is 7. The van der Waals surface area contributed by atoms with Crippen molar-refractivity contribution in [1.29, 1.82) is 0 Å². The summed E-state index contributed by atoms with van der Waals surface area (Å²) in [6, 6.07) is 5.71. The van der Waals surface area contributed by atoms with Gasteiger partial charge in [-0.3, -0.25) is 19.7 Å². The third kappa shape index (κ3) is 6.90. The average Bonchev–Trinajstić information content (AvgIpc) is 3.01. The van der Waals surface area contributed by atoms with Crippen LogP contribution in [0.25, 0.3) is 0 Å². The Bertz CT molecular complexity index is 1450. The van der Waals surface area contributed by atoms with Crippen molar-refractivity contribution in [2.24, 2.45) is 11.3 Å². The predicted molar refractivity (Wildman–Crippen MR) is 163 cm³/mol. The molecule has 9 nitrogen and oxygen atoms in total. The van der Waals surface area contributed by atoms with Crippen molar-refractivity contribution in [3.63, 3.8) is 0 Å². The molecule has 45 heavy (non-hydrogen) atoms. The van der Waals surface area contributed by atoms with Crippen molar-refractivity contribution >= 4 is 29.1 Å². The molecule has 1 aliphatic carbocycles. The highest BCUT2D eigenvalue weighted by atomic mass is 19.1. The number of rotatable bonds is 8. The van der Waals surface area contributed by atoms with Crippen LogP contribution in [0.4, 0.5) is 24.5 Å². The Labute approximate surface area is 260 Å². The summed E-state index contributed by atoms with van der Waals surface area (Å²) in [5, 5.41) is 7.94. The Morgan fingerprint density at radius 3 is 2.40 bits per heavy atom. The molecular weight excluding hydrogens is 587 g/mol. The topological polar surface area (TPSA) is 103 Å². The lowest BCUT2D eigenvalue weighted by Crippen LogP contribution is -2.55. The van der Waals surface area contributed by atoms with Gasteiger partial charge in [-0.2, -0.15) is 0 Å². The molecule has 3 amide bonds. The molecule has 2 aromatic rings. The van der Waals surface area contributed by atoms with Crippen LogP contribution in [-0.4, -0.2) is 74.5 Å². The first kappa shape index (κ1) is 31.2. The lowest BCUT2D eigenvalue weighted by Gasteiger charge is -2.52. The van der Waals surface area contributed by atoms with Crippen molar-refractivity contribution < 1.29 is 32.3 Å². The molecule has 3 saturated heterocycles. The fourth-order valence-electron chi connectivity index (χ4n) is 7.40. The number of hydrogen-bond donors (Lipinski definition) is 3. The van der Waals surface area contributed by atoms with Gasteiger partial charge in [0.15, 0.2) is 0 Å². The molecule has 6 rings (SSSR count). The maximum absolute atomic E-state index is 15.1. The number of carbonyl (C=O) groups is 3. The zero-order valence-corrected chi connectivity index (χ0v) is 25.5. The second-order valence-corrected chi connectivity index (χ2v) is 13.1. The summed E-state index contributed by atoms with van der Waals surface area (Å²) in [5.74, 6) is -2.13. The van der Waals surface area contributed by atoms with Gasteiger partial charge >= 0.3 is 0 Å². The minimum Gasteiger partial charge on any atom is -0.497 e. The fraction of sp³-hybridized carbons (Fsp3) is 0.545. The third-order valence-electron chi connectivity index (χ3n) is 10.1. The minimum absolute atomic E-state index is 0.00263. The zero-order chi connectivity index (χ0) is 31.7. The number of nitrogens with zero attached hydrogens (tertiary/aromatic N) is 2. The molecular formula is C33H40F3N5O4. The van der Waals surface area contributed by atoms with E-state index in [1.54, 1.807) is 0 Å². The van der Waals surface area contributed by atoms with E-state index >= 15 is 4.39 Å². The molecule has 1 atom stereocenters. The molecule has 4 fully saturated rings. The molecule has 12 heteroatoms. The summed E-state index contributed by atoms with van der Waals surface area (Å²) in [5.41, 5.74) is 0.365. The van der Waals surface area contributed by atoms with Crippen LogP contribution in [0.3, 0.4) is 0 Å². The van der Waals surface area contributed by atoms with Crippen LogP contribution in [0.15, 0.2) is 30.3 Å². The highest BCUT2D eigenvalue weighted by Gasteiger charge is 2.46. The Morgan fingerprint density at radius 1 is 0.978 bits per heavy atom. The van der Waals surface area contributed by atoms with Gasteiger partial charge in [0, 0.05) is 44.2 Å². The van der Waals surface area contributed by atoms with Gasteiger partial charge in [0.05, 0.1) is 24.0 Å². The Hall–Kier alpha value is -3.80. The van der Waals surface area contributed by atoms with E-state index in [1.165, 1.54) is 31.4 Å². The lowest BCUT2D eigenvalue weighted by molar-refractivity contribution is -0.133. The summed E-state index contributed by atoms with van der Waals surface area (Å²) in [7, 11) is 1.48. The predicted octanol–water partition coefficient (Wildman–Crippen LogP) is 4.22. The molecule has 3 aliphatic heterocycles. The van der Waals surface area contributed by atoms with E-state index in [0.717, 1.165) is 64.2 Å². The highest BCUT2D eigenvalue weighted by Crippen LogP contribution is 2.49. The normalized spacial score (nSPS) is 22.6. The molecule has 0 radical (unpaired) electrons. The van der Waals surface area contributed by atoms with E-state index in [1.807, 2.05) is 4.90 Å². The van der Waals surface area contributed by atoms with Crippen LogP contribution in [0.5, 0.6) is 5.75 Å². The number of imide groups is 1. The summed E-state index contributed by atoms with van der Waals surface area (Å²) in [6.45, 7) is 4.23. The van der Waals surface area contributed by atoms with Crippen molar-refractivity contribution in [3.8, 4) is 5.75 Å². The average molecular weight is 628 g/mol. The van der Waals surface area contributed by atoms with Crippen LogP contribution in [0, 0.1) is 28.8 Å². The number of halogens is 3. The van der Waals surface area contributed by atoms with Gasteiger partial charge in [0.2, 0.25) is 11.8 Å². The van der Waals surface area contributed by atoms with Gasteiger partial charge in [-0.05, 0) is 87.6 Å². The summed E-state index contributed by atoms with van der Waals surface area (Å²) >= 11 is 0. The molecule has 1 saturated carbocycles. The quantitative estimate of drug-likeness (QED) is 0.377. The molecule has 1 unspecified atom stereocenters. The first-order valence-corrected chi connectivity index (χ1v) is 15.8. The number of ether oxygens (including phenoxy) is 1. The minimum atomic E-state index is -0.787. The number of likely N-dealkylation sites (tertiary alicyclic amines) is 1. The van der Waals surface area contributed by atoms with Gasteiger partial charge in [-0.1, -0.05) is 0 Å². The smallest absolute Gasteiger partial charge is 0.254 e. The van der Waals surface area contributed by atoms with E-state index in [2.05, 4.69) is 20.9 Å². The van der Waals surface area contributed by atoms with E-state index < -0.39 is 35.3 Å². The molecule has 2 aromatic carbocycles. The van der Waals surface area contributed by atoms with Gasteiger partial charge in [-0.15, -0.1) is 0 Å². The molecule has 0 bridgehead atoms.